The second-order valence-electron chi connectivity index (χ2n) is 11.8. The molecule has 1 aliphatic heterocycles. The molecule has 1 saturated heterocycles. The first-order valence-corrected chi connectivity index (χ1v) is 13.6. The predicted octanol–water partition coefficient (Wildman–Crippen LogP) is 5.73. The molecule has 0 spiro atoms. The zero-order valence-corrected chi connectivity index (χ0v) is 20.4. The van der Waals surface area contributed by atoms with Gasteiger partial charge < -0.3 is 10.2 Å². The normalized spacial score (nSPS) is 30.0. The molecule has 4 aliphatic carbocycles. The average molecular weight is 496 g/mol. The molecule has 7 heteroatoms. The SMILES string of the molecule is O=C(N[C@@H]1CCc2c(c(F)cc(N3CC4CCC(C4)C3)c2C(F)F)C1)c1cnc2c(c1)[C@H]1C[C@H]1CC2. The largest absolute Gasteiger partial charge is 0.370 e. The summed E-state index contributed by atoms with van der Waals surface area (Å²) >= 11 is 0. The van der Waals surface area contributed by atoms with Crippen LogP contribution in [0.4, 0.5) is 18.9 Å². The number of alkyl halides is 2. The third kappa shape index (κ3) is 3.81. The van der Waals surface area contributed by atoms with Crippen molar-refractivity contribution in [2.75, 3.05) is 18.0 Å². The maximum Gasteiger partial charge on any atom is 0.266 e. The fraction of sp³-hybridized carbons (Fsp3) is 0.586. The lowest BCUT2D eigenvalue weighted by molar-refractivity contribution is 0.0932. The van der Waals surface area contributed by atoms with Gasteiger partial charge in [0.1, 0.15) is 5.82 Å². The van der Waals surface area contributed by atoms with E-state index in [-0.39, 0.29) is 23.9 Å². The lowest BCUT2D eigenvalue weighted by atomic mass is 9.83. The van der Waals surface area contributed by atoms with Gasteiger partial charge in [0.05, 0.1) is 5.56 Å². The second-order valence-corrected chi connectivity index (χ2v) is 11.8. The number of nitrogens with one attached hydrogen (secondary N) is 1. The summed E-state index contributed by atoms with van der Waals surface area (Å²) in [5.41, 5.74) is 4.05. The van der Waals surface area contributed by atoms with Crippen molar-refractivity contribution >= 4 is 11.6 Å². The number of benzene rings is 1. The van der Waals surface area contributed by atoms with Crippen molar-refractivity contribution in [1.82, 2.24) is 10.3 Å². The Morgan fingerprint density at radius 1 is 1.03 bits per heavy atom. The number of anilines is 1. The van der Waals surface area contributed by atoms with Gasteiger partial charge in [-0.3, -0.25) is 9.78 Å². The monoisotopic (exact) mass is 495 g/mol. The van der Waals surface area contributed by atoms with E-state index in [1.165, 1.54) is 24.5 Å². The summed E-state index contributed by atoms with van der Waals surface area (Å²) < 4.78 is 44.2. The van der Waals surface area contributed by atoms with Crippen LogP contribution in [0.5, 0.6) is 0 Å². The van der Waals surface area contributed by atoms with Crippen molar-refractivity contribution in [2.24, 2.45) is 17.8 Å². The fourth-order valence-corrected chi connectivity index (χ4v) is 7.66. The van der Waals surface area contributed by atoms with Gasteiger partial charge in [0.2, 0.25) is 0 Å². The molecule has 1 amide bonds. The Morgan fingerprint density at radius 3 is 2.61 bits per heavy atom. The van der Waals surface area contributed by atoms with Crippen LogP contribution >= 0.6 is 0 Å². The molecule has 2 aromatic rings. The molecule has 5 aliphatic rings. The number of amides is 1. The highest BCUT2D eigenvalue weighted by molar-refractivity contribution is 5.94. The van der Waals surface area contributed by atoms with Gasteiger partial charge in [-0.25, -0.2) is 13.2 Å². The number of piperidine rings is 1. The lowest BCUT2D eigenvalue weighted by Crippen LogP contribution is -2.40. The van der Waals surface area contributed by atoms with E-state index in [9.17, 15) is 13.6 Å². The third-order valence-corrected chi connectivity index (χ3v) is 9.55. The molecule has 1 aromatic carbocycles. The molecule has 7 rings (SSSR count). The van der Waals surface area contributed by atoms with E-state index < -0.39 is 12.2 Å². The summed E-state index contributed by atoms with van der Waals surface area (Å²) in [5, 5.41) is 3.04. The van der Waals surface area contributed by atoms with Crippen LogP contribution in [0.1, 0.15) is 89.2 Å². The van der Waals surface area contributed by atoms with E-state index in [2.05, 4.69) is 10.3 Å². The highest BCUT2D eigenvalue weighted by Crippen LogP contribution is 2.54. The van der Waals surface area contributed by atoms with Gasteiger partial charge in [-0.1, -0.05) is 0 Å². The number of carbonyl (C=O) groups excluding carboxylic acids is 1. The van der Waals surface area contributed by atoms with Crippen LogP contribution in [0.2, 0.25) is 0 Å². The lowest BCUT2D eigenvalue weighted by Gasteiger charge is -2.37. The Hall–Kier alpha value is -2.57. The van der Waals surface area contributed by atoms with Crippen molar-refractivity contribution in [3.05, 3.63) is 57.7 Å². The highest BCUT2D eigenvalue weighted by Gasteiger charge is 2.43. The molecule has 2 saturated carbocycles. The highest BCUT2D eigenvalue weighted by atomic mass is 19.3. The molecule has 1 N–H and O–H groups in total. The molecular formula is C29H32F3N3O. The third-order valence-electron chi connectivity index (χ3n) is 9.55. The summed E-state index contributed by atoms with van der Waals surface area (Å²) in [6.07, 6.45) is 6.89. The molecular weight excluding hydrogens is 463 g/mol. The van der Waals surface area contributed by atoms with Crippen molar-refractivity contribution in [2.45, 2.75) is 76.2 Å². The van der Waals surface area contributed by atoms with E-state index in [0.717, 1.165) is 50.4 Å². The smallest absolute Gasteiger partial charge is 0.266 e. The minimum Gasteiger partial charge on any atom is -0.370 e. The number of fused-ring (bicyclic) bond motifs is 6. The molecule has 190 valence electrons. The standard InChI is InChI=1S/C29H32F3N3O/c30-24-11-26(35-13-15-1-2-16(7-15)14-35)27(28(31)32)20-5-4-19(10-22(20)24)34-29(36)18-9-23-21-8-17(21)3-6-25(23)33-12-18/h9,11-12,15-17,19,21,28H,1-8,10,13-14H2,(H,34,36)/t15?,16?,17-,19-,21+/m1/s1. The summed E-state index contributed by atoms with van der Waals surface area (Å²) in [7, 11) is 0. The van der Waals surface area contributed by atoms with Crippen molar-refractivity contribution < 1.29 is 18.0 Å². The van der Waals surface area contributed by atoms with Gasteiger partial charge in [0.15, 0.2) is 0 Å². The van der Waals surface area contributed by atoms with Gasteiger partial charge >= 0.3 is 0 Å². The van der Waals surface area contributed by atoms with Crippen LogP contribution in [0.25, 0.3) is 0 Å². The van der Waals surface area contributed by atoms with E-state index in [1.54, 1.807) is 6.20 Å². The molecule has 0 radical (unpaired) electrons. The van der Waals surface area contributed by atoms with Crippen LogP contribution < -0.4 is 10.2 Å². The van der Waals surface area contributed by atoms with E-state index in [0.29, 0.717) is 53.0 Å². The molecule has 2 unspecified atom stereocenters. The van der Waals surface area contributed by atoms with E-state index >= 15 is 4.39 Å². The Morgan fingerprint density at radius 2 is 1.83 bits per heavy atom. The molecule has 2 heterocycles. The molecule has 5 atom stereocenters. The Kier molecular flexibility index (Phi) is 5.33. The molecule has 3 fully saturated rings. The number of aryl methyl sites for hydroxylation is 1. The summed E-state index contributed by atoms with van der Waals surface area (Å²) in [4.78, 5) is 19.6. The number of carbonyl (C=O) groups is 1. The zero-order chi connectivity index (χ0) is 24.6. The molecule has 2 bridgehead atoms. The van der Waals surface area contributed by atoms with Gasteiger partial charge in [-0.2, -0.15) is 0 Å². The number of rotatable bonds is 4. The quantitative estimate of drug-likeness (QED) is 0.589. The van der Waals surface area contributed by atoms with Crippen LogP contribution in [0.15, 0.2) is 18.3 Å². The fourth-order valence-electron chi connectivity index (χ4n) is 7.66. The topological polar surface area (TPSA) is 45.2 Å². The van der Waals surface area contributed by atoms with Crippen LogP contribution in [0, 0.1) is 23.6 Å². The maximum atomic E-state index is 15.4. The van der Waals surface area contributed by atoms with Crippen LogP contribution in [-0.4, -0.2) is 30.0 Å². The Labute approximate surface area is 209 Å². The number of hydrogen-bond acceptors (Lipinski definition) is 3. The van der Waals surface area contributed by atoms with Gasteiger partial charge in [-0.15, -0.1) is 0 Å². The zero-order valence-electron chi connectivity index (χ0n) is 20.4. The van der Waals surface area contributed by atoms with Crippen molar-refractivity contribution in [1.29, 1.82) is 0 Å². The molecule has 36 heavy (non-hydrogen) atoms. The number of pyridine rings is 1. The molecule has 1 aromatic heterocycles. The minimum atomic E-state index is -2.65. The number of nitrogens with zero attached hydrogens (tertiary/aromatic N) is 2. The van der Waals surface area contributed by atoms with Crippen molar-refractivity contribution in [3.63, 3.8) is 0 Å². The van der Waals surface area contributed by atoms with Crippen molar-refractivity contribution in [3.8, 4) is 0 Å². The van der Waals surface area contributed by atoms with Crippen LogP contribution in [-0.2, 0) is 19.3 Å². The molecule has 4 nitrogen and oxygen atoms in total. The summed E-state index contributed by atoms with van der Waals surface area (Å²) in [6.45, 7) is 1.48. The summed E-state index contributed by atoms with van der Waals surface area (Å²) in [6, 6.07) is 3.03. The Balaban J connectivity index is 1.12. The first kappa shape index (κ1) is 22.6. The maximum absolute atomic E-state index is 15.4. The number of hydrogen-bond donors (Lipinski definition) is 1. The summed E-state index contributed by atoms with van der Waals surface area (Å²) in [5.74, 6) is 1.70. The Bertz CT molecular complexity index is 1220. The van der Waals surface area contributed by atoms with Gasteiger partial charge in [-0.05, 0) is 110 Å². The van der Waals surface area contributed by atoms with Gasteiger partial charge in [0.25, 0.3) is 12.3 Å². The van der Waals surface area contributed by atoms with Crippen LogP contribution in [0.3, 0.4) is 0 Å². The number of halogens is 3. The minimum absolute atomic E-state index is 0.00958. The first-order chi connectivity index (χ1) is 17.4. The number of aromatic nitrogens is 1. The van der Waals surface area contributed by atoms with E-state index in [4.69, 9.17) is 0 Å². The average Bonchev–Trinajstić information content (AvgIpc) is 3.60. The first-order valence-electron chi connectivity index (χ1n) is 13.6. The van der Waals surface area contributed by atoms with Gasteiger partial charge in [0, 0.05) is 42.3 Å². The second kappa shape index (κ2) is 8.49. The predicted molar refractivity (Wildman–Crippen MR) is 131 cm³/mol. The van der Waals surface area contributed by atoms with E-state index in [1.807, 2.05) is 11.0 Å².